The summed E-state index contributed by atoms with van der Waals surface area (Å²) in [6, 6.07) is 5.99. The van der Waals surface area contributed by atoms with E-state index in [2.05, 4.69) is 18.0 Å². The van der Waals surface area contributed by atoms with E-state index in [1.165, 1.54) is 6.42 Å². The highest BCUT2D eigenvalue weighted by Crippen LogP contribution is 2.18. The number of hydrogen-bond acceptors (Lipinski definition) is 3. The van der Waals surface area contributed by atoms with E-state index >= 15 is 0 Å². The van der Waals surface area contributed by atoms with Gasteiger partial charge in [-0.3, -0.25) is 4.98 Å². The molecule has 0 radical (unpaired) electrons. The average molecular weight is 286 g/mol. The van der Waals surface area contributed by atoms with Gasteiger partial charge in [-0.2, -0.15) is 5.26 Å². The third kappa shape index (κ3) is 4.45. The molecule has 0 spiro atoms. The van der Waals surface area contributed by atoms with Crippen molar-refractivity contribution in [3.8, 4) is 6.07 Å². The van der Waals surface area contributed by atoms with Crippen LogP contribution < -0.4 is 0 Å². The van der Waals surface area contributed by atoms with Gasteiger partial charge in [0, 0.05) is 38.6 Å². The van der Waals surface area contributed by atoms with Crippen LogP contribution in [0.25, 0.3) is 0 Å². The van der Waals surface area contributed by atoms with E-state index in [1.807, 2.05) is 17.0 Å². The quantitative estimate of drug-likeness (QED) is 0.855. The summed E-state index contributed by atoms with van der Waals surface area (Å²) in [5.41, 5.74) is 0.994. The van der Waals surface area contributed by atoms with E-state index in [1.54, 1.807) is 17.3 Å². The molecule has 0 aliphatic carbocycles. The van der Waals surface area contributed by atoms with Crippen LogP contribution in [0.1, 0.15) is 31.7 Å². The Balaban J connectivity index is 2.04. The second kappa shape index (κ2) is 7.63. The first-order valence-corrected chi connectivity index (χ1v) is 7.50. The fourth-order valence-corrected chi connectivity index (χ4v) is 2.70. The molecule has 0 N–H and O–H groups in total. The van der Waals surface area contributed by atoms with Gasteiger partial charge in [0.15, 0.2) is 0 Å². The molecule has 112 valence electrons. The number of likely N-dealkylation sites (tertiary alicyclic amines) is 1. The fraction of sp³-hybridized carbons (Fsp3) is 0.562. The monoisotopic (exact) mass is 286 g/mol. The Morgan fingerprint density at radius 3 is 3.14 bits per heavy atom. The lowest BCUT2D eigenvalue weighted by atomic mass is 10.0. The number of nitriles is 1. The van der Waals surface area contributed by atoms with Gasteiger partial charge in [-0.15, -0.1) is 0 Å². The molecule has 2 heterocycles. The Morgan fingerprint density at radius 1 is 1.62 bits per heavy atom. The summed E-state index contributed by atoms with van der Waals surface area (Å²) in [4.78, 5) is 20.4. The summed E-state index contributed by atoms with van der Waals surface area (Å²) >= 11 is 0. The van der Waals surface area contributed by atoms with Gasteiger partial charge in [0.2, 0.25) is 0 Å². The maximum atomic E-state index is 12.7. The second-order valence-corrected chi connectivity index (χ2v) is 5.67. The van der Waals surface area contributed by atoms with Gasteiger partial charge in [0.1, 0.15) is 0 Å². The lowest BCUT2D eigenvalue weighted by Gasteiger charge is -2.35. The molecule has 1 unspecified atom stereocenters. The molecule has 1 fully saturated rings. The minimum absolute atomic E-state index is 0.0423. The van der Waals surface area contributed by atoms with Crippen molar-refractivity contribution in [3.05, 3.63) is 30.1 Å². The highest BCUT2D eigenvalue weighted by molar-refractivity contribution is 5.74. The second-order valence-electron chi connectivity index (χ2n) is 5.67. The maximum absolute atomic E-state index is 12.7. The van der Waals surface area contributed by atoms with Gasteiger partial charge >= 0.3 is 6.03 Å². The predicted octanol–water partition coefficient (Wildman–Crippen LogP) is 2.65. The summed E-state index contributed by atoms with van der Waals surface area (Å²) in [6.45, 7) is 4.79. The van der Waals surface area contributed by atoms with Crippen LogP contribution in [-0.2, 0) is 6.54 Å². The molecule has 0 saturated carbocycles. The molecular weight excluding hydrogens is 264 g/mol. The third-order valence-corrected chi connectivity index (χ3v) is 3.79. The summed E-state index contributed by atoms with van der Waals surface area (Å²) in [6.07, 6.45) is 6.09. The van der Waals surface area contributed by atoms with Crippen LogP contribution in [0.5, 0.6) is 0 Å². The zero-order valence-corrected chi connectivity index (χ0v) is 12.5. The van der Waals surface area contributed by atoms with Gasteiger partial charge < -0.3 is 9.80 Å². The van der Waals surface area contributed by atoms with E-state index in [-0.39, 0.29) is 6.03 Å². The molecule has 0 aromatic carbocycles. The predicted molar refractivity (Wildman–Crippen MR) is 80.2 cm³/mol. The van der Waals surface area contributed by atoms with E-state index in [0.29, 0.717) is 25.4 Å². The fourth-order valence-electron chi connectivity index (χ4n) is 2.70. The van der Waals surface area contributed by atoms with Crippen molar-refractivity contribution in [1.82, 2.24) is 14.8 Å². The third-order valence-electron chi connectivity index (χ3n) is 3.79. The number of pyridine rings is 1. The van der Waals surface area contributed by atoms with Crippen LogP contribution >= 0.6 is 0 Å². The van der Waals surface area contributed by atoms with Crippen molar-refractivity contribution in [2.75, 3.05) is 19.6 Å². The zero-order chi connectivity index (χ0) is 15.1. The molecular formula is C16H22N4O. The summed E-state index contributed by atoms with van der Waals surface area (Å²) in [7, 11) is 0. The molecule has 21 heavy (non-hydrogen) atoms. The maximum Gasteiger partial charge on any atom is 0.320 e. The Labute approximate surface area is 126 Å². The normalized spacial score (nSPS) is 18.1. The topological polar surface area (TPSA) is 60.2 Å². The van der Waals surface area contributed by atoms with Crippen LogP contribution in [0, 0.1) is 17.2 Å². The van der Waals surface area contributed by atoms with Gasteiger partial charge in [-0.05, 0) is 30.4 Å². The number of nitrogens with zero attached hydrogens (tertiary/aromatic N) is 4. The first-order valence-electron chi connectivity index (χ1n) is 7.50. The van der Waals surface area contributed by atoms with E-state index in [0.717, 1.165) is 25.1 Å². The van der Waals surface area contributed by atoms with Crippen molar-refractivity contribution < 1.29 is 4.79 Å². The Kier molecular flexibility index (Phi) is 5.56. The highest BCUT2D eigenvalue weighted by Gasteiger charge is 2.25. The zero-order valence-electron chi connectivity index (χ0n) is 12.5. The minimum Gasteiger partial charge on any atom is -0.324 e. The summed E-state index contributed by atoms with van der Waals surface area (Å²) < 4.78 is 0. The molecule has 2 rings (SSSR count). The molecule has 1 atom stereocenters. The van der Waals surface area contributed by atoms with E-state index in [4.69, 9.17) is 5.26 Å². The molecule has 1 aromatic heterocycles. The molecule has 5 nitrogen and oxygen atoms in total. The number of carbonyl (C=O) groups is 1. The van der Waals surface area contributed by atoms with Crippen molar-refractivity contribution in [1.29, 1.82) is 5.26 Å². The molecule has 0 bridgehead atoms. The van der Waals surface area contributed by atoms with Gasteiger partial charge in [-0.25, -0.2) is 4.79 Å². The lowest BCUT2D eigenvalue weighted by molar-refractivity contribution is 0.129. The largest absolute Gasteiger partial charge is 0.324 e. The Hall–Kier alpha value is -2.09. The van der Waals surface area contributed by atoms with Crippen LogP contribution in [0.4, 0.5) is 4.79 Å². The van der Waals surface area contributed by atoms with E-state index in [9.17, 15) is 4.79 Å². The van der Waals surface area contributed by atoms with Crippen molar-refractivity contribution >= 4 is 6.03 Å². The summed E-state index contributed by atoms with van der Waals surface area (Å²) in [5.74, 6) is 0.555. The van der Waals surface area contributed by atoms with Crippen LogP contribution in [0.2, 0.25) is 0 Å². The molecule has 1 saturated heterocycles. The van der Waals surface area contributed by atoms with Crippen LogP contribution in [0.15, 0.2) is 24.5 Å². The number of aromatic nitrogens is 1. The highest BCUT2D eigenvalue weighted by atomic mass is 16.2. The van der Waals surface area contributed by atoms with Crippen molar-refractivity contribution in [2.45, 2.75) is 32.7 Å². The number of urea groups is 1. The first kappa shape index (κ1) is 15.3. The molecule has 5 heteroatoms. The van der Waals surface area contributed by atoms with Crippen LogP contribution in [0.3, 0.4) is 0 Å². The van der Waals surface area contributed by atoms with Crippen LogP contribution in [-0.4, -0.2) is 40.4 Å². The number of carbonyl (C=O) groups excluding carboxylic acids is 1. The Morgan fingerprint density at radius 2 is 2.48 bits per heavy atom. The number of amides is 2. The summed E-state index contributed by atoms with van der Waals surface area (Å²) in [5, 5.41) is 8.80. The lowest BCUT2D eigenvalue weighted by Crippen LogP contribution is -2.47. The first-order chi connectivity index (χ1) is 10.2. The van der Waals surface area contributed by atoms with E-state index < -0.39 is 0 Å². The van der Waals surface area contributed by atoms with Gasteiger partial charge in [-0.1, -0.05) is 13.0 Å². The standard InChI is InChI=1S/C16H22N4O/c1-14-5-3-9-19(12-14)16(21)20(10-4-7-17)13-15-6-2-8-18-11-15/h2,6,8,11,14H,3-5,9-10,12-13H2,1H3. The number of hydrogen-bond donors (Lipinski definition) is 0. The van der Waals surface area contributed by atoms with Gasteiger partial charge in [0.25, 0.3) is 0 Å². The molecule has 1 aliphatic rings. The average Bonchev–Trinajstić information content (AvgIpc) is 2.51. The Bertz CT molecular complexity index is 497. The van der Waals surface area contributed by atoms with Crippen molar-refractivity contribution in [3.63, 3.8) is 0 Å². The molecule has 1 aliphatic heterocycles. The van der Waals surface area contributed by atoms with Gasteiger partial charge in [0.05, 0.1) is 12.5 Å². The SMILES string of the molecule is CC1CCCN(C(=O)N(CCC#N)Cc2cccnc2)C1. The molecule has 1 aromatic rings. The number of rotatable bonds is 4. The minimum atomic E-state index is 0.0423. The number of piperidine rings is 1. The van der Waals surface area contributed by atoms with Crippen molar-refractivity contribution in [2.24, 2.45) is 5.92 Å². The smallest absolute Gasteiger partial charge is 0.320 e. The molecule has 2 amide bonds.